The Morgan fingerprint density at radius 3 is 2.71 bits per heavy atom. The van der Waals surface area contributed by atoms with Crippen LogP contribution < -0.4 is 4.74 Å². The van der Waals surface area contributed by atoms with Crippen LogP contribution >= 0.6 is 34.8 Å². The lowest BCUT2D eigenvalue weighted by Crippen LogP contribution is -2.09. The average molecular weight is 346 g/mol. The van der Waals surface area contributed by atoms with E-state index in [-0.39, 0.29) is 12.0 Å². The molecule has 0 aliphatic carbocycles. The minimum absolute atomic E-state index is 0.0501. The molecule has 1 aromatic carbocycles. The number of fused-ring (bicyclic) bond motifs is 1. The maximum absolute atomic E-state index is 5.83. The summed E-state index contributed by atoms with van der Waals surface area (Å²) in [7, 11) is 0. The summed E-state index contributed by atoms with van der Waals surface area (Å²) in [6.45, 7) is 1.85. The largest absolute Gasteiger partial charge is 0.486 e. The Hall–Kier alpha value is -1.23. The van der Waals surface area contributed by atoms with Crippen molar-refractivity contribution < 1.29 is 9.15 Å². The van der Waals surface area contributed by atoms with E-state index in [1.807, 2.05) is 37.3 Å². The van der Waals surface area contributed by atoms with E-state index in [1.54, 1.807) is 0 Å². The lowest BCUT2D eigenvalue weighted by atomic mass is 10.1. The molecule has 0 saturated carbocycles. The third-order valence-electron chi connectivity index (χ3n) is 3.11. The average Bonchev–Trinajstić information content (AvgIpc) is 3.04. The molecule has 1 unspecified atom stereocenters. The van der Waals surface area contributed by atoms with Gasteiger partial charge in [-0.3, -0.25) is 0 Å². The van der Waals surface area contributed by atoms with Crippen LogP contribution in [-0.2, 0) is 10.2 Å². The van der Waals surface area contributed by atoms with Gasteiger partial charge in [-0.2, -0.15) is 0 Å². The summed E-state index contributed by atoms with van der Waals surface area (Å²) in [6, 6.07) is 7.94. The van der Waals surface area contributed by atoms with Gasteiger partial charge < -0.3 is 9.15 Å². The maximum atomic E-state index is 5.83. The highest BCUT2D eigenvalue weighted by molar-refractivity contribution is 6.66. The number of rotatable bonds is 2. The zero-order valence-corrected chi connectivity index (χ0v) is 13.3. The molecule has 1 aliphatic rings. The quantitative estimate of drug-likeness (QED) is 0.761. The predicted octanol–water partition coefficient (Wildman–Crippen LogP) is 4.30. The molecule has 1 atom stereocenters. The maximum Gasteiger partial charge on any atom is 0.268 e. The molecule has 0 bridgehead atoms. The van der Waals surface area contributed by atoms with Crippen LogP contribution in [0.5, 0.6) is 5.75 Å². The van der Waals surface area contributed by atoms with Crippen LogP contribution in [0.4, 0.5) is 0 Å². The summed E-state index contributed by atoms with van der Waals surface area (Å²) < 4.78 is 9.47. The second-order valence-electron chi connectivity index (χ2n) is 4.73. The van der Waals surface area contributed by atoms with Gasteiger partial charge in [0.25, 0.3) is 9.68 Å². The molecule has 7 heteroatoms. The number of benzene rings is 1. The van der Waals surface area contributed by atoms with Crippen LogP contribution in [0.2, 0.25) is 0 Å². The van der Waals surface area contributed by atoms with Gasteiger partial charge in [0.1, 0.15) is 11.9 Å². The molecule has 0 fully saturated rings. The molecule has 1 aliphatic heterocycles. The van der Waals surface area contributed by atoms with Gasteiger partial charge in [0.2, 0.25) is 5.89 Å². The van der Waals surface area contributed by atoms with Crippen molar-refractivity contribution in [1.82, 2.24) is 10.2 Å². The van der Waals surface area contributed by atoms with E-state index < -0.39 is 3.79 Å². The summed E-state index contributed by atoms with van der Waals surface area (Å²) in [4.78, 5) is 0. The first-order valence-electron chi connectivity index (χ1n) is 6.27. The lowest BCUT2D eigenvalue weighted by Gasteiger charge is -2.06. The molecular weight excluding hydrogens is 335 g/mol. The fraction of sp³-hybridized carbons (Fsp3) is 0.286. The Morgan fingerprint density at radius 2 is 2.05 bits per heavy atom. The monoisotopic (exact) mass is 344 g/mol. The first kappa shape index (κ1) is 14.7. The minimum atomic E-state index is -1.72. The summed E-state index contributed by atoms with van der Waals surface area (Å²) in [5.41, 5.74) is 1.96. The van der Waals surface area contributed by atoms with E-state index in [2.05, 4.69) is 10.2 Å². The highest BCUT2D eigenvalue weighted by Gasteiger charge is 2.30. The summed E-state index contributed by atoms with van der Waals surface area (Å²) in [5.74, 6) is 1.17. The van der Waals surface area contributed by atoms with Crippen LogP contribution in [0.1, 0.15) is 24.3 Å². The first-order valence-corrected chi connectivity index (χ1v) is 7.41. The predicted molar refractivity (Wildman–Crippen MR) is 81.7 cm³/mol. The molecule has 2 aromatic rings. The van der Waals surface area contributed by atoms with Gasteiger partial charge in [-0.15, -0.1) is 10.2 Å². The normalized spacial score (nSPS) is 18.5. The topological polar surface area (TPSA) is 48.2 Å². The van der Waals surface area contributed by atoms with Crippen LogP contribution in [0.25, 0.3) is 5.57 Å². The van der Waals surface area contributed by atoms with Crippen LogP contribution in [0.15, 0.2) is 34.8 Å². The number of nitrogens with zero attached hydrogens (tertiary/aromatic N) is 2. The Kier molecular flexibility index (Phi) is 3.86. The Labute approximate surface area is 136 Å². The number of para-hydroxylation sites is 1. The number of hydrogen-bond acceptors (Lipinski definition) is 4. The number of hydrogen-bond donors (Lipinski definition) is 0. The van der Waals surface area contributed by atoms with Gasteiger partial charge in [0.05, 0.1) is 0 Å². The van der Waals surface area contributed by atoms with E-state index in [1.165, 1.54) is 5.56 Å². The smallest absolute Gasteiger partial charge is 0.268 e. The summed E-state index contributed by atoms with van der Waals surface area (Å²) >= 11 is 17.1. The zero-order valence-electron chi connectivity index (χ0n) is 11.0. The van der Waals surface area contributed by atoms with Crippen LogP contribution in [-0.4, -0.2) is 16.3 Å². The molecule has 0 spiro atoms. The molecule has 4 nitrogen and oxygen atoms in total. The molecule has 1 aromatic heterocycles. The SMILES string of the molecule is C/C(=C\C1Cc2ccccc2O1)c1nnc(C(Cl)(Cl)Cl)o1. The molecule has 0 amide bonds. The van der Waals surface area contributed by atoms with Crippen LogP contribution in [0.3, 0.4) is 0 Å². The number of halogens is 3. The van der Waals surface area contributed by atoms with Crippen molar-refractivity contribution in [3.8, 4) is 5.75 Å². The molecule has 0 saturated heterocycles. The number of aromatic nitrogens is 2. The fourth-order valence-electron chi connectivity index (χ4n) is 2.15. The van der Waals surface area contributed by atoms with E-state index in [0.29, 0.717) is 5.89 Å². The highest BCUT2D eigenvalue weighted by Crippen LogP contribution is 2.37. The number of allylic oxidation sites excluding steroid dienone is 1. The standard InChI is InChI=1S/C14H11Cl3N2O2/c1-8(12-18-19-13(21-12)14(15,16)17)6-10-7-9-4-2-3-5-11(9)20-10/h2-6,10H,7H2,1H3/b8-6+. The van der Waals surface area contributed by atoms with Gasteiger partial charge in [-0.1, -0.05) is 53.0 Å². The van der Waals surface area contributed by atoms with E-state index in [9.17, 15) is 0 Å². The van der Waals surface area contributed by atoms with Crippen molar-refractivity contribution >= 4 is 40.4 Å². The minimum Gasteiger partial charge on any atom is -0.486 e. The molecule has 0 N–H and O–H groups in total. The Balaban J connectivity index is 1.77. The van der Waals surface area contributed by atoms with E-state index in [0.717, 1.165) is 17.7 Å². The number of ether oxygens (including phenoxy) is 1. The van der Waals surface area contributed by atoms with Gasteiger partial charge in [0.15, 0.2) is 0 Å². The molecule has 2 heterocycles. The van der Waals surface area contributed by atoms with E-state index >= 15 is 0 Å². The van der Waals surface area contributed by atoms with Gasteiger partial charge in [0, 0.05) is 12.0 Å². The van der Waals surface area contributed by atoms with Gasteiger partial charge >= 0.3 is 0 Å². The molecule has 21 heavy (non-hydrogen) atoms. The second-order valence-corrected chi connectivity index (χ2v) is 7.01. The van der Waals surface area contributed by atoms with Crippen molar-refractivity contribution in [2.24, 2.45) is 0 Å². The first-order chi connectivity index (χ1) is 9.93. The van der Waals surface area contributed by atoms with Crippen molar-refractivity contribution in [2.45, 2.75) is 23.2 Å². The summed E-state index contributed by atoms with van der Waals surface area (Å²) in [5, 5.41) is 7.61. The zero-order chi connectivity index (χ0) is 15.0. The van der Waals surface area contributed by atoms with Crippen molar-refractivity contribution in [3.05, 3.63) is 47.7 Å². The fourth-order valence-corrected chi connectivity index (χ4v) is 2.38. The second kappa shape index (κ2) is 5.52. The molecule has 3 rings (SSSR count). The van der Waals surface area contributed by atoms with Crippen molar-refractivity contribution in [3.63, 3.8) is 0 Å². The third kappa shape index (κ3) is 3.18. The van der Waals surface area contributed by atoms with Gasteiger partial charge in [-0.25, -0.2) is 0 Å². The molecule has 110 valence electrons. The van der Waals surface area contributed by atoms with Crippen LogP contribution in [0, 0.1) is 0 Å². The highest BCUT2D eigenvalue weighted by atomic mass is 35.6. The number of alkyl halides is 3. The van der Waals surface area contributed by atoms with Crippen molar-refractivity contribution in [1.29, 1.82) is 0 Å². The lowest BCUT2D eigenvalue weighted by molar-refractivity contribution is 0.283. The molecular formula is C14H11Cl3N2O2. The summed E-state index contributed by atoms with van der Waals surface area (Å²) in [6.07, 6.45) is 2.67. The van der Waals surface area contributed by atoms with E-state index in [4.69, 9.17) is 44.0 Å². The third-order valence-corrected chi connectivity index (χ3v) is 3.60. The Bertz CT molecular complexity index is 667. The molecule has 0 radical (unpaired) electrons. The van der Waals surface area contributed by atoms with Crippen molar-refractivity contribution in [2.75, 3.05) is 0 Å². The Morgan fingerprint density at radius 1 is 1.29 bits per heavy atom. The van der Waals surface area contributed by atoms with Gasteiger partial charge in [-0.05, 0) is 24.6 Å².